The summed E-state index contributed by atoms with van der Waals surface area (Å²) in [5.41, 5.74) is 1.60. The van der Waals surface area contributed by atoms with Crippen LogP contribution in [-0.4, -0.2) is 28.9 Å². The number of pyridine rings is 1. The number of aromatic nitrogens is 1. The van der Waals surface area contributed by atoms with Gasteiger partial charge in [0.25, 0.3) is 0 Å². The van der Waals surface area contributed by atoms with Gasteiger partial charge in [-0.1, -0.05) is 18.2 Å². The molecule has 0 radical (unpaired) electrons. The number of amides is 1. The summed E-state index contributed by atoms with van der Waals surface area (Å²) < 4.78 is 5.09. The number of phenolic OH excluding ortho intramolecular Hbond substituents is 1. The molecule has 29 heavy (non-hydrogen) atoms. The summed E-state index contributed by atoms with van der Waals surface area (Å²) in [6, 6.07) is 18.9. The average molecular weight is 390 g/mol. The highest BCUT2D eigenvalue weighted by atomic mass is 16.5. The van der Waals surface area contributed by atoms with Crippen LogP contribution in [0.2, 0.25) is 0 Å². The number of hydrogen-bond acceptors (Lipinski definition) is 5. The van der Waals surface area contributed by atoms with E-state index in [1.54, 1.807) is 61.8 Å². The minimum absolute atomic E-state index is 0.00161. The summed E-state index contributed by atoms with van der Waals surface area (Å²) in [7, 11) is 1.56. The number of carbonyl (C=O) groups is 2. The Balaban J connectivity index is 1.73. The number of para-hydroxylation sites is 2. The first-order chi connectivity index (χ1) is 14.1. The van der Waals surface area contributed by atoms with E-state index in [1.165, 1.54) is 11.0 Å². The van der Waals surface area contributed by atoms with Crippen LogP contribution in [0.1, 0.15) is 28.9 Å². The van der Waals surface area contributed by atoms with Crippen molar-refractivity contribution in [3.05, 3.63) is 84.2 Å². The van der Waals surface area contributed by atoms with Gasteiger partial charge >= 0.3 is 0 Å². The second kappa shape index (κ2) is 9.50. The molecule has 0 aliphatic carbocycles. The molecular formula is C23H22N2O4. The zero-order chi connectivity index (χ0) is 20.6. The van der Waals surface area contributed by atoms with E-state index in [0.717, 1.165) is 0 Å². The topological polar surface area (TPSA) is 79.7 Å². The number of anilines is 1. The Labute approximate surface area is 169 Å². The Kier molecular flexibility index (Phi) is 6.58. The number of phenols is 1. The molecule has 6 heteroatoms. The Bertz CT molecular complexity index is 972. The van der Waals surface area contributed by atoms with Gasteiger partial charge in [0, 0.05) is 24.6 Å². The standard InChI is InChI=1S/C23H22N2O4/c1-29-19-11-9-17(10-12-19)21(26)13-14-23(28)25(16-18-6-4-5-15-24-18)20-7-2-3-8-22(20)27/h2-12,15,27H,13-14,16H2,1H3. The number of carbonyl (C=O) groups excluding carboxylic acids is 2. The van der Waals surface area contributed by atoms with Crippen molar-refractivity contribution in [2.45, 2.75) is 19.4 Å². The molecule has 148 valence electrons. The Morgan fingerprint density at radius 3 is 2.34 bits per heavy atom. The zero-order valence-electron chi connectivity index (χ0n) is 16.1. The van der Waals surface area contributed by atoms with Crippen molar-refractivity contribution in [1.29, 1.82) is 0 Å². The van der Waals surface area contributed by atoms with Crippen molar-refractivity contribution in [3.8, 4) is 11.5 Å². The van der Waals surface area contributed by atoms with Gasteiger partial charge in [-0.05, 0) is 48.5 Å². The second-order valence-electron chi connectivity index (χ2n) is 6.44. The van der Waals surface area contributed by atoms with E-state index in [-0.39, 0.29) is 36.8 Å². The normalized spacial score (nSPS) is 10.4. The van der Waals surface area contributed by atoms with Crippen LogP contribution in [0.3, 0.4) is 0 Å². The molecule has 0 unspecified atom stereocenters. The highest BCUT2D eigenvalue weighted by molar-refractivity contribution is 6.01. The highest BCUT2D eigenvalue weighted by Gasteiger charge is 2.20. The van der Waals surface area contributed by atoms with Crippen LogP contribution < -0.4 is 9.64 Å². The van der Waals surface area contributed by atoms with Crippen LogP contribution >= 0.6 is 0 Å². The first-order valence-electron chi connectivity index (χ1n) is 9.24. The van der Waals surface area contributed by atoms with Crippen LogP contribution in [0.25, 0.3) is 0 Å². The van der Waals surface area contributed by atoms with Gasteiger partial charge in [-0.15, -0.1) is 0 Å². The molecule has 3 aromatic rings. The Hall–Kier alpha value is -3.67. The van der Waals surface area contributed by atoms with E-state index >= 15 is 0 Å². The van der Waals surface area contributed by atoms with Gasteiger partial charge < -0.3 is 14.7 Å². The maximum Gasteiger partial charge on any atom is 0.227 e. The van der Waals surface area contributed by atoms with E-state index in [0.29, 0.717) is 22.7 Å². The molecule has 3 rings (SSSR count). The number of aromatic hydroxyl groups is 1. The number of Topliss-reactive ketones (excluding diaryl/α,β-unsaturated/α-hetero) is 1. The highest BCUT2D eigenvalue weighted by Crippen LogP contribution is 2.28. The predicted octanol–water partition coefficient (Wildman–Crippen LogP) is 3.99. The van der Waals surface area contributed by atoms with Gasteiger partial charge in [-0.25, -0.2) is 0 Å². The number of hydrogen-bond donors (Lipinski definition) is 1. The summed E-state index contributed by atoms with van der Waals surface area (Å²) in [5, 5.41) is 10.2. The summed E-state index contributed by atoms with van der Waals surface area (Å²) in [5.74, 6) is 0.270. The number of rotatable bonds is 8. The lowest BCUT2D eigenvalue weighted by molar-refractivity contribution is -0.118. The van der Waals surface area contributed by atoms with Gasteiger partial charge in [0.15, 0.2) is 5.78 Å². The lowest BCUT2D eigenvalue weighted by Crippen LogP contribution is -2.31. The van der Waals surface area contributed by atoms with E-state index in [4.69, 9.17) is 4.74 Å². The summed E-state index contributed by atoms with van der Waals surface area (Å²) in [6.07, 6.45) is 1.74. The maximum atomic E-state index is 13.0. The third-order valence-electron chi connectivity index (χ3n) is 4.50. The number of ether oxygens (including phenoxy) is 1. The van der Waals surface area contributed by atoms with Crippen LogP contribution in [0, 0.1) is 0 Å². The molecule has 0 saturated carbocycles. The minimum Gasteiger partial charge on any atom is -0.506 e. The van der Waals surface area contributed by atoms with E-state index in [9.17, 15) is 14.7 Å². The molecule has 0 fully saturated rings. The molecule has 0 aliphatic rings. The van der Waals surface area contributed by atoms with Crippen LogP contribution in [0.5, 0.6) is 11.5 Å². The molecule has 6 nitrogen and oxygen atoms in total. The predicted molar refractivity (Wildman–Crippen MR) is 110 cm³/mol. The fourth-order valence-corrected chi connectivity index (χ4v) is 2.93. The SMILES string of the molecule is COc1ccc(C(=O)CCC(=O)N(Cc2ccccn2)c2ccccc2O)cc1. The van der Waals surface area contributed by atoms with Gasteiger partial charge in [-0.2, -0.15) is 0 Å². The molecule has 2 aromatic carbocycles. The maximum absolute atomic E-state index is 13.0. The second-order valence-corrected chi connectivity index (χ2v) is 6.44. The first kappa shape index (κ1) is 20.1. The molecule has 0 atom stereocenters. The molecule has 1 N–H and O–H groups in total. The summed E-state index contributed by atoms with van der Waals surface area (Å²) >= 11 is 0. The average Bonchev–Trinajstić information content (AvgIpc) is 2.77. The van der Waals surface area contributed by atoms with Gasteiger partial charge in [0.2, 0.25) is 5.91 Å². The molecule has 1 heterocycles. The molecule has 1 aromatic heterocycles. The number of benzene rings is 2. The lowest BCUT2D eigenvalue weighted by Gasteiger charge is -2.23. The molecular weight excluding hydrogens is 368 g/mol. The molecule has 0 bridgehead atoms. The van der Waals surface area contributed by atoms with E-state index in [2.05, 4.69) is 4.98 Å². The lowest BCUT2D eigenvalue weighted by atomic mass is 10.1. The fraction of sp³-hybridized carbons (Fsp3) is 0.174. The molecule has 0 saturated heterocycles. The third kappa shape index (κ3) is 5.19. The minimum atomic E-state index is -0.265. The Morgan fingerprint density at radius 1 is 0.966 bits per heavy atom. The van der Waals surface area contributed by atoms with Crippen molar-refractivity contribution >= 4 is 17.4 Å². The van der Waals surface area contributed by atoms with Crippen LogP contribution in [0.15, 0.2) is 72.9 Å². The third-order valence-corrected chi connectivity index (χ3v) is 4.50. The smallest absolute Gasteiger partial charge is 0.227 e. The first-order valence-corrected chi connectivity index (χ1v) is 9.24. The van der Waals surface area contributed by atoms with Crippen LogP contribution in [0.4, 0.5) is 5.69 Å². The van der Waals surface area contributed by atoms with Crippen molar-refractivity contribution in [2.24, 2.45) is 0 Å². The van der Waals surface area contributed by atoms with Crippen LogP contribution in [-0.2, 0) is 11.3 Å². The van der Waals surface area contributed by atoms with Crippen molar-refractivity contribution < 1.29 is 19.4 Å². The molecule has 0 aliphatic heterocycles. The van der Waals surface area contributed by atoms with E-state index in [1.807, 2.05) is 12.1 Å². The van der Waals surface area contributed by atoms with Crippen molar-refractivity contribution in [3.63, 3.8) is 0 Å². The number of nitrogens with zero attached hydrogens (tertiary/aromatic N) is 2. The molecule has 0 spiro atoms. The molecule has 1 amide bonds. The summed E-state index contributed by atoms with van der Waals surface area (Å²) in [4.78, 5) is 31.1. The monoisotopic (exact) mass is 390 g/mol. The fourth-order valence-electron chi connectivity index (χ4n) is 2.93. The van der Waals surface area contributed by atoms with Gasteiger partial charge in [0.1, 0.15) is 11.5 Å². The zero-order valence-corrected chi connectivity index (χ0v) is 16.1. The Morgan fingerprint density at radius 2 is 1.69 bits per heavy atom. The van der Waals surface area contributed by atoms with Gasteiger partial charge in [0.05, 0.1) is 25.0 Å². The quantitative estimate of drug-likeness (QED) is 0.588. The summed E-state index contributed by atoms with van der Waals surface area (Å²) in [6.45, 7) is 0.202. The largest absolute Gasteiger partial charge is 0.506 e. The van der Waals surface area contributed by atoms with Gasteiger partial charge in [-0.3, -0.25) is 14.6 Å². The van der Waals surface area contributed by atoms with Crippen molar-refractivity contribution in [2.75, 3.05) is 12.0 Å². The van der Waals surface area contributed by atoms with Crippen molar-refractivity contribution in [1.82, 2.24) is 4.98 Å². The number of ketones is 1. The van der Waals surface area contributed by atoms with E-state index < -0.39 is 0 Å². The number of methoxy groups -OCH3 is 1.